The minimum atomic E-state index is -3.77. The maximum absolute atomic E-state index is 12.7. The highest BCUT2D eigenvalue weighted by atomic mass is 32.2. The van der Waals surface area contributed by atoms with Gasteiger partial charge in [0.05, 0.1) is 17.1 Å². The number of rotatable bonds is 11. The molecule has 0 aromatic heterocycles. The Morgan fingerprint density at radius 3 is 2.17 bits per heavy atom. The monoisotopic (exact) mass is 510 g/mol. The van der Waals surface area contributed by atoms with E-state index >= 15 is 0 Å². The summed E-state index contributed by atoms with van der Waals surface area (Å²) in [4.78, 5) is 24.2. The van der Waals surface area contributed by atoms with Crippen LogP contribution in [0.4, 0.5) is 11.4 Å². The van der Waals surface area contributed by atoms with Crippen molar-refractivity contribution in [2.75, 3.05) is 23.3 Å². The molecule has 0 unspecified atom stereocenters. The van der Waals surface area contributed by atoms with Crippen LogP contribution in [0.15, 0.2) is 71.6 Å². The van der Waals surface area contributed by atoms with Gasteiger partial charge in [-0.2, -0.15) is 0 Å². The molecule has 3 rings (SSSR count). The van der Waals surface area contributed by atoms with Gasteiger partial charge >= 0.3 is 5.97 Å². The molecule has 0 aliphatic heterocycles. The molecular weight excluding hydrogens is 480 g/mol. The molecule has 0 fully saturated rings. The fourth-order valence-corrected chi connectivity index (χ4v) is 4.21. The molecule has 2 N–H and O–H groups in total. The third-order valence-electron chi connectivity index (χ3n) is 5.40. The predicted molar refractivity (Wildman–Crippen MR) is 139 cm³/mol. The number of esters is 1. The molecule has 0 spiro atoms. The Bertz CT molecular complexity index is 1300. The zero-order valence-corrected chi connectivity index (χ0v) is 21.4. The second-order valence-corrected chi connectivity index (χ2v) is 9.96. The maximum atomic E-state index is 12.7. The van der Waals surface area contributed by atoms with Crippen molar-refractivity contribution >= 4 is 33.3 Å². The Labute approximate surface area is 211 Å². The van der Waals surface area contributed by atoms with E-state index in [0.29, 0.717) is 29.3 Å². The van der Waals surface area contributed by atoms with Crippen molar-refractivity contribution in [3.8, 4) is 5.75 Å². The number of anilines is 2. The van der Waals surface area contributed by atoms with Crippen LogP contribution >= 0.6 is 0 Å². The summed E-state index contributed by atoms with van der Waals surface area (Å²) >= 11 is 0. The molecule has 190 valence electrons. The Balaban J connectivity index is 1.51. The lowest BCUT2D eigenvalue weighted by Crippen LogP contribution is -2.20. The molecule has 0 aliphatic carbocycles. The zero-order valence-electron chi connectivity index (χ0n) is 20.5. The van der Waals surface area contributed by atoms with Gasteiger partial charge in [-0.1, -0.05) is 19.4 Å². The normalized spacial score (nSPS) is 11.0. The largest absolute Gasteiger partial charge is 0.484 e. The van der Waals surface area contributed by atoms with Crippen LogP contribution in [0.25, 0.3) is 0 Å². The fraction of sp³-hybridized carbons (Fsp3) is 0.259. The van der Waals surface area contributed by atoms with Gasteiger partial charge in [0.2, 0.25) is 0 Å². The van der Waals surface area contributed by atoms with Gasteiger partial charge in [-0.25, -0.2) is 13.2 Å². The maximum Gasteiger partial charge on any atom is 0.338 e. The van der Waals surface area contributed by atoms with Gasteiger partial charge in [-0.15, -0.1) is 0 Å². The van der Waals surface area contributed by atoms with Crippen molar-refractivity contribution in [1.82, 2.24) is 0 Å². The van der Waals surface area contributed by atoms with Crippen LogP contribution < -0.4 is 14.8 Å². The summed E-state index contributed by atoms with van der Waals surface area (Å²) in [5.41, 5.74) is 3.45. The van der Waals surface area contributed by atoms with Crippen molar-refractivity contribution in [2.45, 2.75) is 38.5 Å². The fourth-order valence-electron chi connectivity index (χ4n) is 3.16. The molecule has 0 atom stereocenters. The van der Waals surface area contributed by atoms with Crippen LogP contribution in [-0.4, -0.2) is 33.5 Å². The molecule has 0 saturated heterocycles. The lowest BCUT2D eigenvalue weighted by atomic mass is 10.1. The van der Waals surface area contributed by atoms with Gasteiger partial charge in [-0.05, 0) is 92.1 Å². The number of carbonyl (C=O) groups excluding carboxylic acids is 2. The minimum Gasteiger partial charge on any atom is -0.484 e. The Morgan fingerprint density at radius 2 is 1.53 bits per heavy atom. The summed E-state index contributed by atoms with van der Waals surface area (Å²) in [6.45, 7) is 5.99. The number of ether oxygens (including phenoxy) is 2. The molecule has 0 radical (unpaired) electrons. The van der Waals surface area contributed by atoms with Crippen LogP contribution in [0.1, 0.15) is 41.3 Å². The topological polar surface area (TPSA) is 111 Å². The molecule has 0 bridgehead atoms. The average Bonchev–Trinajstić information content (AvgIpc) is 2.85. The SMILES string of the molecule is CCCCOC(=O)c1ccc(NC(=O)COc2ccc(S(=O)(=O)Nc3ccc(C)c(C)c3)cc2)cc1. The van der Waals surface area contributed by atoms with Crippen LogP contribution in [-0.2, 0) is 19.6 Å². The number of hydrogen-bond acceptors (Lipinski definition) is 6. The molecule has 3 aromatic rings. The molecule has 9 heteroatoms. The van der Waals surface area contributed by atoms with Crippen LogP contribution in [0.5, 0.6) is 5.75 Å². The first kappa shape index (κ1) is 26.7. The van der Waals surface area contributed by atoms with Gasteiger partial charge in [0.15, 0.2) is 6.61 Å². The summed E-state index contributed by atoms with van der Waals surface area (Å²) in [5.74, 6) is -0.457. The van der Waals surface area contributed by atoms with E-state index in [1.807, 2.05) is 26.8 Å². The first-order valence-corrected chi connectivity index (χ1v) is 13.1. The number of unbranched alkanes of at least 4 members (excludes halogenated alkanes) is 1. The van der Waals surface area contributed by atoms with E-state index in [0.717, 1.165) is 24.0 Å². The highest BCUT2D eigenvalue weighted by molar-refractivity contribution is 7.92. The van der Waals surface area contributed by atoms with E-state index in [9.17, 15) is 18.0 Å². The van der Waals surface area contributed by atoms with Gasteiger partial charge in [-0.3, -0.25) is 9.52 Å². The van der Waals surface area contributed by atoms with E-state index in [2.05, 4.69) is 10.0 Å². The lowest BCUT2D eigenvalue weighted by molar-refractivity contribution is -0.118. The van der Waals surface area contributed by atoms with Crippen molar-refractivity contribution < 1.29 is 27.5 Å². The molecule has 8 nitrogen and oxygen atoms in total. The minimum absolute atomic E-state index is 0.0749. The number of sulfonamides is 1. The lowest BCUT2D eigenvalue weighted by Gasteiger charge is -2.11. The van der Waals surface area contributed by atoms with Crippen molar-refractivity contribution in [3.05, 3.63) is 83.4 Å². The second-order valence-electron chi connectivity index (χ2n) is 8.28. The van der Waals surface area contributed by atoms with Gasteiger partial charge in [0.1, 0.15) is 5.75 Å². The first-order chi connectivity index (χ1) is 17.2. The third kappa shape index (κ3) is 7.58. The van der Waals surface area contributed by atoms with Crippen LogP contribution in [0.2, 0.25) is 0 Å². The van der Waals surface area contributed by atoms with E-state index in [4.69, 9.17) is 9.47 Å². The Kier molecular flexibility index (Phi) is 9.08. The molecule has 0 aliphatic rings. The smallest absolute Gasteiger partial charge is 0.338 e. The summed E-state index contributed by atoms with van der Waals surface area (Å²) in [6, 6.07) is 17.5. The van der Waals surface area contributed by atoms with E-state index in [-0.39, 0.29) is 11.5 Å². The number of nitrogens with one attached hydrogen (secondary N) is 2. The van der Waals surface area contributed by atoms with E-state index in [1.165, 1.54) is 24.3 Å². The van der Waals surface area contributed by atoms with Crippen molar-refractivity contribution in [2.24, 2.45) is 0 Å². The molecule has 0 saturated carbocycles. The zero-order chi connectivity index (χ0) is 26.1. The van der Waals surface area contributed by atoms with Crippen LogP contribution in [0, 0.1) is 13.8 Å². The molecular formula is C27H30N2O6S. The third-order valence-corrected chi connectivity index (χ3v) is 6.80. The highest BCUT2D eigenvalue weighted by Gasteiger charge is 2.15. The number of aryl methyl sites for hydroxylation is 2. The number of hydrogen-bond donors (Lipinski definition) is 2. The quantitative estimate of drug-likeness (QED) is 0.275. The molecule has 36 heavy (non-hydrogen) atoms. The van der Waals surface area contributed by atoms with Crippen LogP contribution in [0.3, 0.4) is 0 Å². The van der Waals surface area contributed by atoms with Gasteiger partial charge in [0, 0.05) is 11.4 Å². The number of carbonyl (C=O) groups is 2. The predicted octanol–water partition coefficient (Wildman–Crippen LogP) is 5.08. The Morgan fingerprint density at radius 1 is 0.861 bits per heavy atom. The molecule has 0 heterocycles. The summed E-state index contributed by atoms with van der Waals surface area (Å²) < 4.78 is 38.5. The number of amides is 1. The van der Waals surface area contributed by atoms with E-state index in [1.54, 1.807) is 36.4 Å². The highest BCUT2D eigenvalue weighted by Crippen LogP contribution is 2.21. The van der Waals surface area contributed by atoms with Gasteiger partial charge < -0.3 is 14.8 Å². The number of benzene rings is 3. The van der Waals surface area contributed by atoms with Crippen molar-refractivity contribution in [3.63, 3.8) is 0 Å². The van der Waals surface area contributed by atoms with Gasteiger partial charge in [0.25, 0.3) is 15.9 Å². The Hall–Kier alpha value is -3.85. The summed E-state index contributed by atoms with van der Waals surface area (Å²) in [6.07, 6.45) is 1.75. The molecule has 3 aromatic carbocycles. The summed E-state index contributed by atoms with van der Waals surface area (Å²) in [5, 5.41) is 2.68. The second kappa shape index (κ2) is 12.2. The first-order valence-electron chi connectivity index (χ1n) is 11.6. The molecule has 1 amide bonds. The van der Waals surface area contributed by atoms with E-state index < -0.39 is 21.9 Å². The van der Waals surface area contributed by atoms with Crippen molar-refractivity contribution in [1.29, 1.82) is 0 Å². The average molecular weight is 511 g/mol. The summed E-state index contributed by atoms with van der Waals surface area (Å²) in [7, 11) is -3.77. The standard InChI is InChI=1S/C27H30N2O6S/c1-4-5-16-34-27(31)21-7-10-22(11-8-21)28-26(30)18-35-24-12-14-25(15-13-24)36(32,33)29-23-9-6-19(2)20(3)17-23/h6-15,17,29H,4-5,16,18H2,1-3H3,(H,28,30).